The zero-order chi connectivity index (χ0) is 13.3. The Morgan fingerprint density at radius 1 is 1.56 bits per heavy atom. The molecule has 1 aliphatic carbocycles. The van der Waals surface area contributed by atoms with E-state index in [4.69, 9.17) is 5.73 Å². The summed E-state index contributed by atoms with van der Waals surface area (Å²) in [6, 6.07) is 5.04. The zero-order valence-corrected chi connectivity index (χ0v) is 10.9. The number of nitrogens with two attached hydrogens (primary N) is 1. The number of benzene rings is 1. The number of amides is 1. The molecule has 0 spiro atoms. The Kier molecular flexibility index (Phi) is 3.30. The molecule has 0 bridgehead atoms. The molecule has 1 fully saturated rings. The van der Waals surface area contributed by atoms with Gasteiger partial charge in [0.2, 0.25) is 0 Å². The van der Waals surface area contributed by atoms with E-state index in [1.54, 1.807) is 12.1 Å². The van der Waals surface area contributed by atoms with E-state index < -0.39 is 0 Å². The lowest BCUT2D eigenvalue weighted by molar-refractivity contribution is 0.0895. The quantitative estimate of drug-likeness (QED) is 0.757. The molecule has 18 heavy (non-hydrogen) atoms. The van der Waals surface area contributed by atoms with Gasteiger partial charge in [0.25, 0.3) is 5.91 Å². The fourth-order valence-electron chi connectivity index (χ4n) is 2.20. The molecule has 0 aliphatic heterocycles. The van der Waals surface area contributed by atoms with Crippen LogP contribution in [-0.2, 0) is 0 Å². The maximum absolute atomic E-state index is 12.2. The lowest BCUT2D eigenvalue weighted by atomic mass is 9.95. The van der Waals surface area contributed by atoms with Crippen molar-refractivity contribution in [3.8, 4) is 5.75 Å². The minimum Gasteiger partial charge on any atom is -0.507 e. The van der Waals surface area contributed by atoms with Crippen LogP contribution in [0, 0.1) is 12.8 Å². The van der Waals surface area contributed by atoms with Gasteiger partial charge in [0.15, 0.2) is 0 Å². The van der Waals surface area contributed by atoms with Gasteiger partial charge in [0.05, 0.1) is 11.1 Å². The first-order valence-corrected chi connectivity index (χ1v) is 6.28. The third kappa shape index (κ3) is 2.48. The number of aromatic hydroxyl groups is 1. The zero-order valence-electron chi connectivity index (χ0n) is 10.9. The van der Waals surface area contributed by atoms with E-state index in [1.165, 1.54) is 0 Å². The average molecular weight is 248 g/mol. The Balaban J connectivity index is 2.16. The first-order valence-electron chi connectivity index (χ1n) is 6.28. The number of nitrogens with one attached hydrogen (secondary N) is 1. The molecule has 4 heteroatoms. The highest BCUT2D eigenvalue weighted by Crippen LogP contribution is 2.39. The highest BCUT2D eigenvalue weighted by Gasteiger charge is 2.41. The minimum atomic E-state index is -0.367. The number of phenolic OH excluding ortho intramolecular Hbond substituents is 1. The van der Waals surface area contributed by atoms with Gasteiger partial charge in [-0.05, 0) is 50.3 Å². The van der Waals surface area contributed by atoms with Gasteiger partial charge in [-0.3, -0.25) is 4.79 Å². The summed E-state index contributed by atoms with van der Waals surface area (Å²) in [6.07, 6.45) is 2.21. The molecule has 0 aromatic heterocycles. The van der Waals surface area contributed by atoms with E-state index in [2.05, 4.69) is 5.32 Å². The number of rotatable bonds is 4. The molecule has 0 heterocycles. The van der Waals surface area contributed by atoms with Crippen LogP contribution < -0.4 is 11.1 Å². The monoisotopic (exact) mass is 248 g/mol. The Hall–Kier alpha value is -1.55. The second-order valence-electron chi connectivity index (χ2n) is 5.37. The van der Waals surface area contributed by atoms with E-state index in [-0.39, 0.29) is 17.2 Å². The lowest BCUT2D eigenvalue weighted by Crippen LogP contribution is -2.53. The fourth-order valence-corrected chi connectivity index (χ4v) is 2.20. The Labute approximate surface area is 107 Å². The van der Waals surface area contributed by atoms with Gasteiger partial charge in [-0.25, -0.2) is 0 Å². The summed E-state index contributed by atoms with van der Waals surface area (Å²) in [5, 5.41) is 12.8. The Morgan fingerprint density at radius 3 is 2.72 bits per heavy atom. The van der Waals surface area contributed by atoms with Crippen molar-refractivity contribution in [3.05, 3.63) is 29.3 Å². The van der Waals surface area contributed by atoms with Gasteiger partial charge >= 0.3 is 0 Å². The van der Waals surface area contributed by atoms with Crippen molar-refractivity contribution in [2.75, 3.05) is 6.54 Å². The van der Waals surface area contributed by atoms with E-state index >= 15 is 0 Å². The molecule has 1 atom stereocenters. The SMILES string of the molecule is Cc1ccc(C(=O)NC(C)(CN)C2CC2)c(O)c1. The van der Waals surface area contributed by atoms with Crippen molar-refractivity contribution in [1.29, 1.82) is 0 Å². The average Bonchev–Trinajstić information content (AvgIpc) is 3.12. The number of phenols is 1. The molecule has 0 saturated heterocycles. The largest absolute Gasteiger partial charge is 0.507 e. The number of aryl methyl sites for hydroxylation is 1. The topological polar surface area (TPSA) is 75.4 Å². The number of hydrogen-bond acceptors (Lipinski definition) is 3. The van der Waals surface area contributed by atoms with Crippen LogP contribution in [-0.4, -0.2) is 23.1 Å². The second kappa shape index (κ2) is 4.61. The third-order valence-corrected chi connectivity index (χ3v) is 3.70. The Bertz CT molecular complexity index is 469. The molecule has 1 aromatic rings. The summed E-state index contributed by atoms with van der Waals surface area (Å²) in [5.41, 5.74) is 6.62. The summed E-state index contributed by atoms with van der Waals surface area (Å²) in [6.45, 7) is 4.25. The molecule has 2 rings (SSSR count). The molecule has 1 aliphatic rings. The highest BCUT2D eigenvalue weighted by atomic mass is 16.3. The van der Waals surface area contributed by atoms with Crippen LogP contribution in [0.25, 0.3) is 0 Å². The van der Waals surface area contributed by atoms with Crippen LogP contribution in [0.4, 0.5) is 0 Å². The molecule has 4 N–H and O–H groups in total. The van der Waals surface area contributed by atoms with E-state index in [0.29, 0.717) is 18.0 Å². The van der Waals surface area contributed by atoms with Crippen LogP contribution in [0.15, 0.2) is 18.2 Å². The Morgan fingerprint density at radius 2 is 2.22 bits per heavy atom. The van der Waals surface area contributed by atoms with Gasteiger partial charge < -0.3 is 16.2 Å². The summed E-state index contributed by atoms with van der Waals surface area (Å²) in [5.74, 6) is 0.217. The van der Waals surface area contributed by atoms with Crippen molar-refractivity contribution in [3.63, 3.8) is 0 Å². The molecule has 1 aromatic carbocycles. The molecular weight excluding hydrogens is 228 g/mol. The lowest BCUT2D eigenvalue weighted by Gasteiger charge is -2.29. The second-order valence-corrected chi connectivity index (χ2v) is 5.37. The molecule has 1 amide bonds. The van der Waals surface area contributed by atoms with Gasteiger partial charge in [0, 0.05) is 6.54 Å². The van der Waals surface area contributed by atoms with Gasteiger partial charge in [-0.15, -0.1) is 0 Å². The summed E-state index contributed by atoms with van der Waals surface area (Å²) < 4.78 is 0. The van der Waals surface area contributed by atoms with Crippen molar-refractivity contribution in [2.24, 2.45) is 11.7 Å². The minimum absolute atomic E-state index is 0.0164. The predicted octanol–water partition coefficient (Wildman–Crippen LogP) is 1.56. The maximum Gasteiger partial charge on any atom is 0.255 e. The van der Waals surface area contributed by atoms with Gasteiger partial charge in [-0.2, -0.15) is 0 Å². The molecule has 0 radical (unpaired) electrons. The van der Waals surface area contributed by atoms with Crippen LogP contribution in [0.1, 0.15) is 35.7 Å². The third-order valence-electron chi connectivity index (χ3n) is 3.70. The highest BCUT2D eigenvalue weighted by molar-refractivity contribution is 5.97. The standard InChI is InChI=1S/C14H20N2O2/c1-9-3-6-11(12(17)7-9)13(18)16-14(2,8-15)10-4-5-10/h3,6-7,10,17H,4-5,8,15H2,1-2H3,(H,16,18). The number of carbonyl (C=O) groups is 1. The van der Waals surface area contributed by atoms with E-state index in [1.807, 2.05) is 19.9 Å². The summed E-state index contributed by atoms with van der Waals surface area (Å²) in [4.78, 5) is 12.2. The van der Waals surface area contributed by atoms with Crippen molar-refractivity contribution < 1.29 is 9.90 Å². The maximum atomic E-state index is 12.2. The van der Waals surface area contributed by atoms with Crippen LogP contribution in [0.2, 0.25) is 0 Å². The number of carbonyl (C=O) groups excluding carboxylic acids is 1. The van der Waals surface area contributed by atoms with Crippen molar-refractivity contribution in [1.82, 2.24) is 5.32 Å². The van der Waals surface area contributed by atoms with Crippen molar-refractivity contribution in [2.45, 2.75) is 32.2 Å². The summed E-state index contributed by atoms with van der Waals surface area (Å²) in [7, 11) is 0. The molecule has 4 nitrogen and oxygen atoms in total. The fraction of sp³-hybridized carbons (Fsp3) is 0.500. The molecule has 1 saturated carbocycles. The first-order chi connectivity index (χ1) is 8.46. The van der Waals surface area contributed by atoms with Crippen molar-refractivity contribution >= 4 is 5.91 Å². The van der Waals surface area contributed by atoms with Crippen LogP contribution in [0.5, 0.6) is 5.75 Å². The van der Waals surface area contributed by atoms with Crippen LogP contribution >= 0.6 is 0 Å². The number of hydrogen-bond donors (Lipinski definition) is 3. The van der Waals surface area contributed by atoms with E-state index in [9.17, 15) is 9.90 Å². The smallest absolute Gasteiger partial charge is 0.255 e. The first kappa shape index (κ1) is 12.9. The predicted molar refractivity (Wildman–Crippen MR) is 70.5 cm³/mol. The summed E-state index contributed by atoms with van der Waals surface area (Å²) >= 11 is 0. The van der Waals surface area contributed by atoms with Gasteiger partial charge in [0.1, 0.15) is 5.75 Å². The van der Waals surface area contributed by atoms with E-state index in [0.717, 1.165) is 18.4 Å². The normalized spacial score (nSPS) is 18.2. The molecular formula is C14H20N2O2. The van der Waals surface area contributed by atoms with Gasteiger partial charge in [-0.1, -0.05) is 6.07 Å². The van der Waals surface area contributed by atoms with Crippen LogP contribution in [0.3, 0.4) is 0 Å². The molecule has 98 valence electrons. The molecule has 1 unspecified atom stereocenters.